The monoisotopic (exact) mass is 358 g/mol. The van der Waals surface area contributed by atoms with Crippen LogP contribution < -0.4 is 0 Å². The van der Waals surface area contributed by atoms with Gasteiger partial charge in [0.2, 0.25) is 0 Å². The van der Waals surface area contributed by atoms with Gasteiger partial charge in [0, 0.05) is 5.92 Å². The van der Waals surface area contributed by atoms with E-state index >= 15 is 0 Å². The molecule has 1 aromatic rings. The zero-order chi connectivity index (χ0) is 17.9. The summed E-state index contributed by atoms with van der Waals surface area (Å²) in [5.41, 5.74) is 0.173. The van der Waals surface area contributed by atoms with E-state index < -0.39 is 39.8 Å². The molecule has 4 atom stereocenters. The minimum Gasteiger partial charge on any atom is -0.394 e. The van der Waals surface area contributed by atoms with Crippen molar-refractivity contribution in [3.05, 3.63) is 29.3 Å². The fourth-order valence-corrected chi connectivity index (χ4v) is 4.48. The SMILES string of the molecule is Cc1ccc(S(=O)(=O)O)c([C@@H]2[C@H](CO)O[C@@H]3OC(C)(C)O[C@@]32C)c1. The van der Waals surface area contributed by atoms with E-state index in [0.717, 1.165) is 5.56 Å². The molecule has 2 saturated heterocycles. The van der Waals surface area contributed by atoms with Crippen molar-refractivity contribution in [2.24, 2.45) is 0 Å². The smallest absolute Gasteiger partial charge is 0.294 e. The van der Waals surface area contributed by atoms with Crippen LogP contribution in [-0.2, 0) is 24.3 Å². The lowest BCUT2D eigenvalue weighted by molar-refractivity contribution is -0.211. The van der Waals surface area contributed by atoms with E-state index in [1.165, 1.54) is 6.07 Å². The van der Waals surface area contributed by atoms with Gasteiger partial charge in [-0.3, -0.25) is 4.55 Å². The average molecular weight is 358 g/mol. The van der Waals surface area contributed by atoms with E-state index in [9.17, 15) is 18.1 Å². The number of aliphatic hydroxyl groups excluding tert-OH is 1. The third-order valence-electron chi connectivity index (χ3n) is 4.57. The molecule has 1 aromatic carbocycles. The number of hydrogen-bond acceptors (Lipinski definition) is 6. The van der Waals surface area contributed by atoms with Crippen molar-refractivity contribution in [1.29, 1.82) is 0 Å². The number of hydrogen-bond donors (Lipinski definition) is 2. The number of ether oxygens (including phenoxy) is 3. The number of benzene rings is 1. The normalized spacial score (nSPS) is 35.2. The van der Waals surface area contributed by atoms with Crippen molar-refractivity contribution in [3.8, 4) is 0 Å². The van der Waals surface area contributed by atoms with Gasteiger partial charge < -0.3 is 19.3 Å². The van der Waals surface area contributed by atoms with E-state index in [4.69, 9.17) is 14.2 Å². The second kappa shape index (κ2) is 5.48. The first-order valence-electron chi connectivity index (χ1n) is 7.70. The minimum absolute atomic E-state index is 0.213. The van der Waals surface area contributed by atoms with Crippen LogP contribution in [0.3, 0.4) is 0 Å². The van der Waals surface area contributed by atoms with Gasteiger partial charge in [-0.25, -0.2) is 0 Å². The Kier molecular flexibility index (Phi) is 4.06. The van der Waals surface area contributed by atoms with Crippen LogP contribution >= 0.6 is 0 Å². The van der Waals surface area contributed by atoms with Crippen molar-refractivity contribution in [2.75, 3.05) is 6.61 Å². The first-order valence-corrected chi connectivity index (χ1v) is 9.14. The highest BCUT2D eigenvalue weighted by Crippen LogP contribution is 2.53. The standard InChI is InChI=1S/C16H22O7S/c1-9-5-6-12(24(18,19)20)10(7-9)13-11(8-17)21-14-16(13,4)23-15(2,3)22-14/h5-7,11,13-14,17H,8H2,1-4H3,(H,18,19,20)/t11-,13+,14+,16+/m0/s1. The Bertz CT molecular complexity index is 758. The summed E-state index contributed by atoms with van der Waals surface area (Å²) in [4.78, 5) is -0.213. The summed E-state index contributed by atoms with van der Waals surface area (Å²) >= 11 is 0. The molecule has 2 aliphatic rings. The molecule has 0 aromatic heterocycles. The molecule has 2 N–H and O–H groups in total. The van der Waals surface area contributed by atoms with Crippen LogP contribution in [0.4, 0.5) is 0 Å². The Morgan fingerprint density at radius 3 is 2.50 bits per heavy atom. The molecule has 2 aliphatic heterocycles. The van der Waals surface area contributed by atoms with Crippen LogP contribution in [0, 0.1) is 6.92 Å². The van der Waals surface area contributed by atoms with Crippen LogP contribution in [0.2, 0.25) is 0 Å². The zero-order valence-electron chi connectivity index (χ0n) is 14.0. The topological polar surface area (TPSA) is 102 Å². The lowest BCUT2D eigenvalue weighted by Gasteiger charge is -2.32. The molecule has 2 fully saturated rings. The molecule has 0 unspecified atom stereocenters. The Morgan fingerprint density at radius 1 is 1.25 bits per heavy atom. The maximum Gasteiger partial charge on any atom is 0.294 e. The maximum atomic E-state index is 11.8. The molecule has 0 bridgehead atoms. The van der Waals surface area contributed by atoms with E-state index in [1.807, 2.05) is 6.92 Å². The summed E-state index contributed by atoms with van der Waals surface area (Å²) in [7, 11) is -4.44. The highest BCUT2D eigenvalue weighted by atomic mass is 32.2. The third-order valence-corrected chi connectivity index (χ3v) is 5.50. The molecular weight excluding hydrogens is 336 g/mol. The summed E-state index contributed by atoms with van der Waals surface area (Å²) in [5, 5.41) is 9.71. The largest absolute Gasteiger partial charge is 0.394 e. The van der Waals surface area contributed by atoms with Crippen molar-refractivity contribution < 1.29 is 32.3 Å². The highest BCUT2D eigenvalue weighted by Gasteiger charge is 2.63. The molecule has 0 radical (unpaired) electrons. The Balaban J connectivity index is 2.18. The first-order chi connectivity index (χ1) is 11.0. The summed E-state index contributed by atoms with van der Waals surface area (Å²) in [6.45, 7) is 6.73. The summed E-state index contributed by atoms with van der Waals surface area (Å²) in [5.74, 6) is -1.52. The Hall–Kier alpha value is -1.03. The predicted molar refractivity (Wildman–Crippen MR) is 84.1 cm³/mol. The van der Waals surface area contributed by atoms with Crippen LogP contribution in [0.5, 0.6) is 0 Å². The summed E-state index contributed by atoms with van der Waals surface area (Å²) < 4.78 is 50.8. The van der Waals surface area contributed by atoms with Gasteiger partial charge >= 0.3 is 0 Å². The average Bonchev–Trinajstić information content (AvgIpc) is 2.80. The maximum absolute atomic E-state index is 11.8. The lowest BCUT2D eigenvalue weighted by Crippen LogP contribution is -2.40. The van der Waals surface area contributed by atoms with Gasteiger partial charge in [0.15, 0.2) is 12.1 Å². The van der Waals surface area contributed by atoms with Crippen LogP contribution in [0.15, 0.2) is 23.1 Å². The lowest BCUT2D eigenvalue weighted by atomic mass is 9.81. The molecule has 8 heteroatoms. The first kappa shape index (κ1) is 17.8. The van der Waals surface area contributed by atoms with E-state index in [2.05, 4.69) is 0 Å². The quantitative estimate of drug-likeness (QED) is 0.791. The van der Waals surface area contributed by atoms with Gasteiger partial charge in [0.1, 0.15) is 5.60 Å². The van der Waals surface area contributed by atoms with E-state index in [-0.39, 0.29) is 11.5 Å². The molecule has 134 valence electrons. The van der Waals surface area contributed by atoms with E-state index in [0.29, 0.717) is 5.56 Å². The summed E-state index contributed by atoms with van der Waals surface area (Å²) in [6.07, 6.45) is -1.46. The molecule has 0 amide bonds. The van der Waals surface area contributed by atoms with Crippen molar-refractivity contribution in [1.82, 2.24) is 0 Å². The second-order valence-corrected chi connectivity index (χ2v) is 8.38. The molecule has 0 spiro atoms. The van der Waals surface area contributed by atoms with Gasteiger partial charge in [0.25, 0.3) is 10.1 Å². The third kappa shape index (κ3) is 2.77. The molecule has 24 heavy (non-hydrogen) atoms. The Morgan fingerprint density at radius 2 is 1.92 bits per heavy atom. The molecule has 7 nitrogen and oxygen atoms in total. The van der Waals surface area contributed by atoms with E-state index in [1.54, 1.807) is 32.9 Å². The molecule has 0 aliphatic carbocycles. The minimum atomic E-state index is -4.44. The van der Waals surface area contributed by atoms with Crippen molar-refractivity contribution >= 4 is 10.1 Å². The van der Waals surface area contributed by atoms with Gasteiger partial charge in [-0.1, -0.05) is 17.7 Å². The molecule has 2 heterocycles. The van der Waals surface area contributed by atoms with Gasteiger partial charge in [-0.2, -0.15) is 8.42 Å². The predicted octanol–water partition coefficient (Wildman–Crippen LogP) is 1.58. The van der Waals surface area contributed by atoms with Crippen LogP contribution in [0.1, 0.15) is 37.8 Å². The second-order valence-electron chi connectivity index (χ2n) is 6.99. The molecule has 3 rings (SSSR count). The van der Waals surface area contributed by atoms with Gasteiger partial charge in [-0.05, 0) is 39.3 Å². The fraction of sp³-hybridized carbons (Fsp3) is 0.625. The number of fused-ring (bicyclic) bond motifs is 1. The Labute approximate surface area is 141 Å². The number of aliphatic hydroxyl groups is 1. The van der Waals surface area contributed by atoms with Gasteiger partial charge in [-0.15, -0.1) is 0 Å². The van der Waals surface area contributed by atoms with Crippen LogP contribution in [-0.4, -0.2) is 48.5 Å². The van der Waals surface area contributed by atoms with Crippen molar-refractivity contribution in [3.63, 3.8) is 0 Å². The van der Waals surface area contributed by atoms with Crippen molar-refractivity contribution in [2.45, 2.75) is 62.3 Å². The summed E-state index contributed by atoms with van der Waals surface area (Å²) in [6, 6.07) is 4.63. The number of aryl methyl sites for hydroxylation is 1. The molecular formula is C16H22O7S. The highest BCUT2D eigenvalue weighted by molar-refractivity contribution is 7.85. The molecule has 0 saturated carbocycles. The van der Waals surface area contributed by atoms with Gasteiger partial charge in [0.05, 0.1) is 17.6 Å². The van der Waals surface area contributed by atoms with Crippen LogP contribution in [0.25, 0.3) is 0 Å². The number of rotatable bonds is 3. The zero-order valence-corrected chi connectivity index (χ0v) is 14.8. The fourth-order valence-electron chi connectivity index (χ4n) is 3.76.